The zero-order valence-electron chi connectivity index (χ0n) is 13.8. The van der Waals surface area contributed by atoms with Crippen LogP contribution in [0.5, 0.6) is 5.88 Å². The number of urea groups is 1. The number of aromatic amines is 1. The Bertz CT molecular complexity index is 851. The summed E-state index contributed by atoms with van der Waals surface area (Å²) in [5, 5.41) is 13.1. The molecule has 0 spiro atoms. The summed E-state index contributed by atoms with van der Waals surface area (Å²) in [6.07, 6.45) is 3.25. The first-order valence-corrected chi connectivity index (χ1v) is 7.56. The predicted molar refractivity (Wildman–Crippen MR) is 91.4 cm³/mol. The molecule has 0 fully saturated rings. The van der Waals surface area contributed by atoms with Crippen LogP contribution in [-0.4, -0.2) is 47.0 Å². The molecule has 0 aliphatic carbocycles. The molecule has 9 heteroatoms. The van der Waals surface area contributed by atoms with Crippen molar-refractivity contribution in [1.82, 2.24) is 25.5 Å². The number of H-pyrrole nitrogens is 1. The van der Waals surface area contributed by atoms with Gasteiger partial charge in [-0.15, -0.1) is 5.10 Å². The number of pyridine rings is 2. The van der Waals surface area contributed by atoms with Gasteiger partial charge in [0.2, 0.25) is 5.88 Å². The van der Waals surface area contributed by atoms with Crippen LogP contribution in [0.2, 0.25) is 0 Å². The third kappa shape index (κ3) is 3.83. The lowest BCUT2D eigenvalue weighted by molar-refractivity contribution is 0.166. The molecule has 3 heterocycles. The Morgan fingerprint density at radius 2 is 2.20 bits per heavy atom. The fraction of sp³-hybridized carbons (Fsp3) is 0.250. The second kappa shape index (κ2) is 7.58. The number of nitrogens with zero attached hydrogens (tertiary/aromatic N) is 3. The van der Waals surface area contributed by atoms with Gasteiger partial charge in [0.25, 0.3) is 0 Å². The highest BCUT2D eigenvalue weighted by Crippen LogP contribution is 2.23. The van der Waals surface area contributed by atoms with Crippen molar-refractivity contribution in [3.05, 3.63) is 42.4 Å². The first-order chi connectivity index (χ1) is 12.2. The van der Waals surface area contributed by atoms with Gasteiger partial charge in [-0.05, 0) is 12.1 Å². The van der Waals surface area contributed by atoms with Crippen LogP contribution in [0.15, 0.2) is 36.7 Å². The summed E-state index contributed by atoms with van der Waals surface area (Å²) in [6, 6.07) is 6.38. The Hall–Kier alpha value is -3.20. The Labute approximate surface area is 143 Å². The average molecular weight is 342 g/mol. The number of aromatic nitrogens is 4. The second-order valence-corrected chi connectivity index (χ2v) is 5.21. The van der Waals surface area contributed by atoms with Gasteiger partial charge >= 0.3 is 6.03 Å². The van der Waals surface area contributed by atoms with E-state index in [9.17, 15) is 4.79 Å². The van der Waals surface area contributed by atoms with Gasteiger partial charge in [-0.25, -0.2) is 9.78 Å². The maximum Gasteiger partial charge on any atom is 0.321 e. The minimum Gasteiger partial charge on any atom is -0.479 e. The highest BCUT2D eigenvalue weighted by molar-refractivity contribution is 5.92. The van der Waals surface area contributed by atoms with Crippen LogP contribution in [0, 0.1) is 0 Å². The first-order valence-electron chi connectivity index (χ1n) is 7.56. The number of fused-ring (bicyclic) bond motifs is 1. The highest BCUT2D eigenvalue weighted by atomic mass is 16.5. The lowest BCUT2D eigenvalue weighted by atomic mass is 10.2. The number of carbonyl (C=O) groups excluding carboxylic acids is 1. The molecule has 3 N–H and O–H groups in total. The van der Waals surface area contributed by atoms with Gasteiger partial charge < -0.3 is 14.8 Å². The van der Waals surface area contributed by atoms with Crippen molar-refractivity contribution in [2.24, 2.45) is 0 Å². The Kier molecular flexibility index (Phi) is 5.05. The summed E-state index contributed by atoms with van der Waals surface area (Å²) in [5.74, 6) is 0.835. The lowest BCUT2D eigenvalue weighted by Gasteiger charge is -2.17. The summed E-state index contributed by atoms with van der Waals surface area (Å²) in [4.78, 5) is 20.7. The summed E-state index contributed by atoms with van der Waals surface area (Å²) >= 11 is 0. The Balaban J connectivity index is 1.70. The van der Waals surface area contributed by atoms with Gasteiger partial charge in [-0.2, -0.15) is 0 Å². The summed E-state index contributed by atoms with van der Waals surface area (Å²) in [5.41, 5.74) is 1.42. The standard InChI is InChI=1S/C16H18N6O3/c1-24-9-13(11-5-3-4-6-17-11)19-16(23)20-14-7-12-10(8-18-14)15(25-2)22-21-12/h3-8,13H,9H2,1-2H3,(H,21,22)(H2,18,19,20,23)/t13-/m1/s1. The van der Waals surface area contributed by atoms with Crippen LogP contribution < -0.4 is 15.4 Å². The maximum absolute atomic E-state index is 12.3. The van der Waals surface area contributed by atoms with Crippen molar-refractivity contribution >= 4 is 22.8 Å². The van der Waals surface area contributed by atoms with E-state index in [0.29, 0.717) is 29.5 Å². The monoisotopic (exact) mass is 342 g/mol. The van der Waals surface area contributed by atoms with Gasteiger partial charge in [0.1, 0.15) is 5.82 Å². The number of ether oxygens (including phenoxy) is 2. The molecule has 0 radical (unpaired) electrons. The molecular weight excluding hydrogens is 324 g/mol. The molecule has 9 nitrogen and oxygen atoms in total. The van der Waals surface area contributed by atoms with Gasteiger partial charge in [-0.3, -0.25) is 15.4 Å². The molecule has 0 saturated heterocycles. The van der Waals surface area contributed by atoms with E-state index in [2.05, 4.69) is 30.8 Å². The largest absolute Gasteiger partial charge is 0.479 e. The maximum atomic E-state index is 12.3. The van der Waals surface area contributed by atoms with Crippen molar-refractivity contribution in [2.45, 2.75) is 6.04 Å². The molecule has 0 saturated carbocycles. The van der Waals surface area contributed by atoms with Crippen LogP contribution in [0.3, 0.4) is 0 Å². The molecule has 0 bridgehead atoms. The minimum atomic E-state index is -0.411. The number of nitrogens with one attached hydrogen (secondary N) is 3. The topological polar surface area (TPSA) is 114 Å². The van der Waals surface area contributed by atoms with Gasteiger partial charge in [0.15, 0.2) is 0 Å². The summed E-state index contributed by atoms with van der Waals surface area (Å²) in [7, 11) is 3.10. The van der Waals surface area contributed by atoms with Crippen LogP contribution >= 0.6 is 0 Å². The smallest absolute Gasteiger partial charge is 0.321 e. The van der Waals surface area contributed by atoms with Crippen LogP contribution in [-0.2, 0) is 4.74 Å². The van der Waals surface area contributed by atoms with E-state index in [1.807, 2.05) is 18.2 Å². The van der Waals surface area contributed by atoms with Crippen LogP contribution in [0.1, 0.15) is 11.7 Å². The summed E-state index contributed by atoms with van der Waals surface area (Å²) < 4.78 is 10.3. The number of anilines is 1. The highest BCUT2D eigenvalue weighted by Gasteiger charge is 2.16. The molecule has 25 heavy (non-hydrogen) atoms. The van der Waals surface area contributed by atoms with E-state index >= 15 is 0 Å². The van der Waals surface area contributed by atoms with Gasteiger partial charge in [-0.1, -0.05) is 6.07 Å². The number of amides is 2. The first kappa shape index (κ1) is 16.7. The minimum absolute atomic E-state index is 0.300. The van der Waals surface area contributed by atoms with Crippen molar-refractivity contribution in [1.29, 1.82) is 0 Å². The van der Waals surface area contributed by atoms with Crippen LogP contribution in [0.25, 0.3) is 10.9 Å². The molecular formula is C16H18N6O3. The van der Waals surface area contributed by atoms with E-state index in [-0.39, 0.29) is 6.04 Å². The molecule has 2 amide bonds. The third-order valence-corrected chi connectivity index (χ3v) is 3.53. The van der Waals surface area contributed by atoms with Crippen molar-refractivity contribution in [3.8, 4) is 5.88 Å². The van der Waals surface area contributed by atoms with E-state index in [0.717, 1.165) is 5.39 Å². The molecule has 3 aromatic rings. The quantitative estimate of drug-likeness (QED) is 0.630. The molecule has 1 atom stereocenters. The molecule has 130 valence electrons. The van der Waals surface area contributed by atoms with E-state index in [4.69, 9.17) is 9.47 Å². The Morgan fingerprint density at radius 1 is 1.32 bits per heavy atom. The fourth-order valence-corrected chi connectivity index (χ4v) is 2.37. The van der Waals surface area contributed by atoms with Gasteiger partial charge in [0.05, 0.1) is 36.4 Å². The predicted octanol–water partition coefficient (Wildman–Crippen LogP) is 1.87. The average Bonchev–Trinajstić information content (AvgIpc) is 3.04. The third-order valence-electron chi connectivity index (χ3n) is 3.53. The molecule has 0 unspecified atom stereocenters. The number of hydrogen-bond acceptors (Lipinski definition) is 6. The number of carbonyl (C=O) groups is 1. The van der Waals surface area contributed by atoms with Crippen LogP contribution in [0.4, 0.5) is 10.6 Å². The van der Waals surface area contributed by atoms with E-state index in [1.54, 1.807) is 25.6 Å². The number of methoxy groups -OCH3 is 2. The van der Waals surface area contributed by atoms with E-state index < -0.39 is 6.03 Å². The SMILES string of the molecule is COC[C@@H](NC(=O)Nc1cc2[nH]nc(OC)c2cn1)c1ccccn1. The zero-order valence-corrected chi connectivity index (χ0v) is 13.8. The number of hydrogen-bond donors (Lipinski definition) is 3. The second-order valence-electron chi connectivity index (χ2n) is 5.21. The van der Waals surface area contributed by atoms with Crippen molar-refractivity contribution in [3.63, 3.8) is 0 Å². The molecule has 3 rings (SSSR count). The zero-order chi connectivity index (χ0) is 17.6. The van der Waals surface area contributed by atoms with Crippen molar-refractivity contribution in [2.75, 3.05) is 26.1 Å². The molecule has 0 aromatic carbocycles. The van der Waals surface area contributed by atoms with Crippen molar-refractivity contribution < 1.29 is 14.3 Å². The number of rotatable bonds is 6. The van der Waals surface area contributed by atoms with Gasteiger partial charge in [0, 0.05) is 25.6 Å². The van der Waals surface area contributed by atoms with E-state index in [1.165, 1.54) is 7.11 Å². The lowest BCUT2D eigenvalue weighted by Crippen LogP contribution is -2.35. The Morgan fingerprint density at radius 3 is 2.92 bits per heavy atom. The molecule has 0 aliphatic heterocycles. The molecule has 0 aliphatic rings. The summed E-state index contributed by atoms with van der Waals surface area (Å²) in [6.45, 7) is 0.300. The fourth-order valence-electron chi connectivity index (χ4n) is 2.37. The molecule has 3 aromatic heterocycles. The normalized spacial score (nSPS) is 11.9.